The molecule has 0 atom stereocenters. The Kier molecular flexibility index (Phi) is 6.15. The van der Waals surface area contributed by atoms with E-state index in [1.165, 1.54) is 12.8 Å². The first-order valence-corrected chi connectivity index (χ1v) is 10.9. The number of carbonyl (C=O) groups excluding carboxylic acids is 1. The van der Waals surface area contributed by atoms with Gasteiger partial charge in [-0.05, 0) is 51.4 Å². The molecule has 2 fully saturated rings. The number of nitrogens with zero attached hydrogens (tertiary/aromatic N) is 4. The molecule has 2 aliphatic heterocycles. The van der Waals surface area contributed by atoms with E-state index in [4.69, 9.17) is 0 Å². The SMILES string of the molecule is CCC(C)(C)C(=O)N1CCC2(CC1)CCN(c1ncc(NC(C)C)cn1)CC2. The van der Waals surface area contributed by atoms with Gasteiger partial charge >= 0.3 is 0 Å². The molecule has 156 valence electrons. The average Bonchev–Trinajstić information content (AvgIpc) is 2.69. The molecule has 2 aliphatic rings. The molecule has 0 radical (unpaired) electrons. The lowest BCUT2D eigenvalue weighted by Crippen LogP contribution is -2.51. The lowest BCUT2D eigenvalue weighted by Gasteiger charge is -2.47. The van der Waals surface area contributed by atoms with Gasteiger partial charge in [-0.3, -0.25) is 4.79 Å². The molecule has 1 N–H and O–H groups in total. The molecule has 2 saturated heterocycles. The molecule has 1 spiro atoms. The predicted molar refractivity (Wildman–Crippen MR) is 115 cm³/mol. The van der Waals surface area contributed by atoms with Crippen LogP contribution in [0.4, 0.5) is 11.6 Å². The molecule has 28 heavy (non-hydrogen) atoms. The van der Waals surface area contributed by atoms with Crippen molar-refractivity contribution >= 4 is 17.5 Å². The molecular formula is C22H37N5O. The Morgan fingerprint density at radius 2 is 1.64 bits per heavy atom. The summed E-state index contributed by atoms with van der Waals surface area (Å²) < 4.78 is 0. The van der Waals surface area contributed by atoms with Gasteiger partial charge in [0, 0.05) is 37.6 Å². The van der Waals surface area contributed by atoms with Gasteiger partial charge in [0.25, 0.3) is 0 Å². The predicted octanol–water partition coefficient (Wildman–Crippen LogP) is 3.94. The Balaban J connectivity index is 1.52. The summed E-state index contributed by atoms with van der Waals surface area (Å²) in [6, 6.07) is 0.380. The lowest BCUT2D eigenvalue weighted by atomic mass is 9.71. The largest absolute Gasteiger partial charge is 0.380 e. The maximum Gasteiger partial charge on any atom is 0.228 e. The second kappa shape index (κ2) is 8.26. The van der Waals surface area contributed by atoms with Crippen molar-refractivity contribution in [1.29, 1.82) is 0 Å². The smallest absolute Gasteiger partial charge is 0.228 e. The third-order valence-electron chi connectivity index (χ3n) is 6.77. The van der Waals surface area contributed by atoms with Crippen molar-refractivity contribution in [2.24, 2.45) is 10.8 Å². The Morgan fingerprint density at radius 1 is 1.11 bits per heavy atom. The summed E-state index contributed by atoms with van der Waals surface area (Å²) in [6.07, 6.45) is 9.25. The standard InChI is InChI=1S/C22H37N5O/c1-6-21(4,5)19(28)26-11-7-22(8-12-26)9-13-27(14-10-22)20-23-15-18(16-24-20)25-17(2)3/h15-17,25H,6-14H2,1-5H3. The van der Waals surface area contributed by atoms with Crippen molar-refractivity contribution < 1.29 is 4.79 Å². The van der Waals surface area contributed by atoms with Gasteiger partial charge in [0.15, 0.2) is 0 Å². The van der Waals surface area contributed by atoms with Gasteiger partial charge in [0.1, 0.15) is 0 Å². The second-order valence-electron chi connectivity index (χ2n) is 9.59. The fourth-order valence-electron chi connectivity index (χ4n) is 4.34. The molecule has 1 aromatic heterocycles. The summed E-state index contributed by atoms with van der Waals surface area (Å²) in [5, 5.41) is 3.33. The maximum atomic E-state index is 12.7. The molecule has 1 aromatic rings. The highest BCUT2D eigenvalue weighted by Gasteiger charge is 2.41. The minimum absolute atomic E-state index is 0.234. The molecule has 3 heterocycles. The van der Waals surface area contributed by atoms with Crippen molar-refractivity contribution in [3.63, 3.8) is 0 Å². The third-order valence-corrected chi connectivity index (χ3v) is 6.77. The summed E-state index contributed by atoms with van der Waals surface area (Å²) in [6.45, 7) is 14.3. The summed E-state index contributed by atoms with van der Waals surface area (Å²) in [5.41, 5.74) is 1.13. The van der Waals surface area contributed by atoms with E-state index in [0.29, 0.717) is 17.4 Å². The summed E-state index contributed by atoms with van der Waals surface area (Å²) in [4.78, 5) is 26.3. The number of rotatable bonds is 5. The van der Waals surface area contributed by atoms with E-state index in [-0.39, 0.29) is 5.41 Å². The van der Waals surface area contributed by atoms with Crippen LogP contribution in [0.2, 0.25) is 0 Å². The van der Waals surface area contributed by atoms with E-state index in [0.717, 1.165) is 57.1 Å². The van der Waals surface area contributed by atoms with E-state index in [1.807, 2.05) is 12.4 Å². The van der Waals surface area contributed by atoms with Crippen molar-refractivity contribution in [2.45, 2.75) is 72.8 Å². The average molecular weight is 388 g/mol. The van der Waals surface area contributed by atoms with Gasteiger partial charge in [0.05, 0.1) is 18.1 Å². The van der Waals surface area contributed by atoms with Gasteiger partial charge < -0.3 is 15.1 Å². The third kappa shape index (κ3) is 4.58. The van der Waals surface area contributed by atoms with Crippen LogP contribution < -0.4 is 10.2 Å². The van der Waals surface area contributed by atoms with Crippen LogP contribution in [-0.2, 0) is 4.79 Å². The molecular weight excluding hydrogens is 350 g/mol. The zero-order valence-electron chi connectivity index (χ0n) is 18.3. The van der Waals surface area contributed by atoms with Crippen LogP contribution in [0.1, 0.15) is 66.7 Å². The Hall–Kier alpha value is -1.85. The molecule has 0 aromatic carbocycles. The van der Waals surface area contributed by atoms with Crippen LogP contribution in [0, 0.1) is 10.8 Å². The zero-order valence-corrected chi connectivity index (χ0v) is 18.3. The van der Waals surface area contributed by atoms with Gasteiger partial charge in [-0.1, -0.05) is 20.8 Å². The fourth-order valence-corrected chi connectivity index (χ4v) is 4.34. The number of hydrogen-bond acceptors (Lipinski definition) is 5. The first kappa shape index (κ1) is 20.9. The van der Waals surface area contributed by atoms with Crippen LogP contribution in [0.5, 0.6) is 0 Å². The van der Waals surface area contributed by atoms with Crippen molar-refractivity contribution in [1.82, 2.24) is 14.9 Å². The minimum Gasteiger partial charge on any atom is -0.380 e. The van der Waals surface area contributed by atoms with E-state index in [2.05, 4.69) is 59.7 Å². The number of piperidine rings is 2. The van der Waals surface area contributed by atoms with E-state index >= 15 is 0 Å². The number of aromatic nitrogens is 2. The van der Waals surface area contributed by atoms with E-state index < -0.39 is 0 Å². The molecule has 0 aliphatic carbocycles. The van der Waals surface area contributed by atoms with Gasteiger partial charge in [-0.2, -0.15) is 0 Å². The number of likely N-dealkylation sites (tertiary alicyclic amines) is 1. The number of amides is 1. The van der Waals surface area contributed by atoms with Crippen LogP contribution >= 0.6 is 0 Å². The molecule has 0 saturated carbocycles. The van der Waals surface area contributed by atoms with Crippen molar-refractivity contribution in [3.05, 3.63) is 12.4 Å². The van der Waals surface area contributed by atoms with E-state index in [9.17, 15) is 4.79 Å². The molecule has 6 nitrogen and oxygen atoms in total. The normalized spacial score (nSPS) is 19.9. The van der Waals surface area contributed by atoms with Crippen molar-refractivity contribution in [3.8, 4) is 0 Å². The topological polar surface area (TPSA) is 61.4 Å². The number of carbonyl (C=O) groups is 1. The maximum absolute atomic E-state index is 12.7. The summed E-state index contributed by atoms with van der Waals surface area (Å²) in [7, 11) is 0. The van der Waals surface area contributed by atoms with Crippen LogP contribution in [-0.4, -0.2) is 53.0 Å². The van der Waals surface area contributed by atoms with Crippen LogP contribution in [0.15, 0.2) is 12.4 Å². The van der Waals surface area contributed by atoms with Crippen LogP contribution in [0.25, 0.3) is 0 Å². The van der Waals surface area contributed by atoms with Gasteiger partial charge in [-0.15, -0.1) is 0 Å². The Bertz CT molecular complexity index is 652. The Morgan fingerprint density at radius 3 is 2.14 bits per heavy atom. The first-order valence-electron chi connectivity index (χ1n) is 10.9. The highest BCUT2D eigenvalue weighted by atomic mass is 16.2. The highest BCUT2D eigenvalue weighted by molar-refractivity contribution is 5.82. The minimum atomic E-state index is -0.234. The van der Waals surface area contributed by atoms with Crippen molar-refractivity contribution in [2.75, 3.05) is 36.4 Å². The fraction of sp³-hybridized carbons (Fsp3) is 0.773. The summed E-state index contributed by atoms with van der Waals surface area (Å²) in [5.74, 6) is 1.16. The highest BCUT2D eigenvalue weighted by Crippen LogP contribution is 2.42. The number of hydrogen-bond donors (Lipinski definition) is 1. The second-order valence-corrected chi connectivity index (χ2v) is 9.59. The molecule has 0 bridgehead atoms. The quantitative estimate of drug-likeness (QED) is 0.829. The number of nitrogens with one attached hydrogen (secondary N) is 1. The number of anilines is 2. The first-order chi connectivity index (χ1) is 13.2. The zero-order chi connectivity index (χ0) is 20.4. The Labute approximate surface area is 170 Å². The van der Waals surface area contributed by atoms with Gasteiger partial charge in [0.2, 0.25) is 11.9 Å². The molecule has 3 rings (SSSR count). The molecule has 1 amide bonds. The summed E-state index contributed by atoms with van der Waals surface area (Å²) >= 11 is 0. The molecule has 6 heteroatoms. The van der Waals surface area contributed by atoms with E-state index in [1.54, 1.807) is 0 Å². The van der Waals surface area contributed by atoms with Crippen LogP contribution in [0.3, 0.4) is 0 Å². The lowest BCUT2D eigenvalue weighted by molar-refractivity contribution is -0.143. The van der Waals surface area contributed by atoms with Gasteiger partial charge in [-0.25, -0.2) is 9.97 Å². The molecule has 0 unspecified atom stereocenters. The monoisotopic (exact) mass is 387 g/mol.